The van der Waals surface area contributed by atoms with E-state index in [0.717, 1.165) is 24.1 Å². The Morgan fingerprint density at radius 2 is 1.62 bits per heavy atom. The van der Waals surface area contributed by atoms with Crippen LogP contribution < -0.4 is 26.6 Å². The first-order valence-corrected chi connectivity index (χ1v) is 24.5. The Morgan fingerprint density at radius 3 is 2.32 bits per heavy atom. The summed E-state index contributed by atoms with van der Waals surface area (Å²) in [5.74, 6) is -1.83. The molecule has 7 rings (SSSR count). The highest BCUT2D eigenvalue weighted by molar-refractivity contribution is 5.94. The number of carbonyl (C=O) groups excluding carboxylic acids is 6. The molecule has 2 aliphatic carbocycles. The number of aromatic nitrogens is 3. The van der Waals surface area contributed by atoms with E-state index in [1.807, 2.05) is 6.07 Å². The van der Waals surface area contributed by atoms with Crippen LogP contribution in [-0.4, -0.2) is 162 Å². The van der Waals surface area contributed by atoms with Crippen molar-refractivity contribution in [3.05, 3.63) is 60.2 Å². The average molecular weight is 994 g/mol. The number of fused-ring (bicyclic) bond motifs is 1. The monoisotopic (exact) mass is 994 g/mol. The number of hydrogen-bond donors (Lipinski definition) is 5. The minimum absolute atomic E-state index is 0.109. The number of alkyl halides is 3. The summed E-state index contributed by atoms with van der Waals surface area (Å²) in [6.07, 6.45) is 3.79. The molecule has 2 saturated carbocycles. The number of rotatable bonds is 22. The van der Waals surface area contributed by atoms with Gasteiger partial charge in [0.15, 0.2) is 0 Å². The van der Waals surface area contributed by atoms with E-state index in [9.17, 15) is 41.9 Å². The van der Waals surface area contributed by atoms with E-state index in [1.54, 1.807) is 35.3 Å². The van der Waals surface area contributed by atoms with Gasteiger partial charge in [0.2, 0.25) is 35.4 Å². The Morgan fingerprint density at radius 1 is 0.887 bits per heavy atom. The van der Waals surface area contributed by atoms with Crippen LogP contribution in [0.2, 0.25) is 0 Å². The molecule has 0 bridgehead atoms. The van der Waals surface area contributed by atoms with Crippen molar-refractivity contribution in [2.75, 3.05) is 65.5 Å². The summed E-state index contributed by atoms with van der Waals surface area (Å²) in [5, 5.41) is 15.1. The van der Waals surface area contributed by atoms with Gasteiger partial charge in [-0.3, -0.25) is 33.8 Å². The first-order valence-electron chi connectivity index (χ1n) is 24.5. The van der Waals surface area contributed by atoms with Crippen LogP contribution in [0.15, 0.2) is 49.1 Å². The molecule has 0 unspecified atom stereocenters. The maximum absolute atomic E-state index is 14.0. The van der Waals surface area contributed by atoms with Gasteiger partial charge in [-0.15, -0.1) is 0 Å². The van der Waals surface area contributed by atoms with Crippen molar-refractivity contribution >= 4 is 52.2 Å². The van der Waals surface area contributed by atoms with Crippen LogP contribution >= 0.6 is 0 Å². The fourth-order valence-electron chi connectivity index (χ4n) is 10.1. The molecule has 1 aromatic carbocycles. The van der Waals surface area contributed by atoms with E-state index in [-0.39, 0.29) is 142 Å². The predicted octanol–water partition coefficient (Wildman–Crippen LogP) is 2.96. The molecular formula is C49H66F3N11O8. The van der Waals surface area contributed by atoms with E-state index in [1.165, 1.54) is 12.4 Å². The van der Waals surface area contributed by atoms with Crippen molar-refractivity contribution in [2.45, 2.75) is 120 Å². The summed E-state index contributed by atoms with van der Waals surface area (Å²) in [5.41, 5.74) is 0.275. The van der Waals surface area contributed by atoms with Crippen molar-refractivity contribution in [3.8, 4) is 0 Å². The van der Waals surface area contributed by atoms with Crippen molar-refractivity contribution in [3.63, 3.8) is 0 Å². The Bertz CT molecular complexity index is 2360. The van der Waals surface area contributed by atoms with E-state index in [0.29, 0.717) is 44.2 Å². The Hall–Kier alpha value is -6.00. The van der Waals surface area contributed by atoms with Gasteiger partial charge in [0.05, 0.1) is 61.6 Å². The normalized spacial score (nSPS) is 24.6. The van der Waals surface area contributed by atoms with Crippen LogP contribution in [-0.2, 0) is 44.4 Å². The Labute approximate surface area is 411 Å². The van der Waals surface area contributed by atoms with Gasteiger partial charge in [-0.2, -0.15) is 13.2 Å². The third-order valence-electron chi connectivity index (χ3n) is 14.3. The van der Waals surface area contributed by atoms with Crippen LogP contribution in [0.1, 0.15) is 88.8 Å². The molecule has 22 heteroatoms. The number of ether oxygens (including phenoxy) is 2. The molecule has 3 aromatic rings. The van der Waals surface area contributed by atoms with E-state index < -0.39 is 29.7 Å². The predicted molar refractivity (Wildman–Crippen MR) is 254 cm³/mol. The SMILES string of the molecule is CC(C)N(C)[C@@H]1CC[C@H](N2CC[C@H](Nc3ncnc4ccc(C(F)(F)F)cc34)C2=O)[C@H](NC(=O)[C@H]2C[C@H](NC(=O)CCOCCNC(=O)CCOCCNC(=O)[C@@H]3CC(=O)N(C)[C@H]3c3cccnc3)C2)C1. The second-order valence-corrected chi connectivity index (χ2v) is 19.2. The molecule has 19 nitrogen and oxygen atoms in total. The summed E-state index contributed by atoms with van der Waals surface area (Å²) < 4.78 is 51.8. The quantitative estimate of drug-likeness (QED) is 0.0914. The number of nitrogens with zero attached hydrogens (tertiary/aromatic N) is 6. The van der Waals surface area contributed by atoms with E-state index in [4.69, 9.17) is 9.47 Å². The highest BCUT2D eigenvalue weighted by atomic mass is 19.4. The number of nitrogens with one attached hydrogen (secondary N) is 5. The van der Waals surface area contributed by atoms with Gasteiger partial charge in [0.1, 0.15) is 18.2 Å². The van der Waals surface area contributed by atoms with E-state index in [2.05, 4.69) is 67.3 Å². The molecule has 4 aliphatic rings. The molecule has 0 radical (unpaired) electrons. The molecule has 386 valence electrons. The van der Waals surface area contributed by atoms with Crippen LogP contribution in [0.4, 0.5) is 19.0 Å². The van der Waals surface area contributed by atoms with Gasteiger partial charge in [0.25, 0.3) is 0 Å². The van der Waals surface area contributed by atoms with Crippen molar-refractivity contribution < 1.29 is 51.4 Å². The first-order chi connectivity index (χ1) is 34.0. The summed E-state index contributed by atoms with van der Waals surface area (Å²) in [6.45, 7) is 5.82. The highest BCUT2D eigenvalue weighted by Crippen LogP contribution is 2.38. The van der Waals surface area contributed by atoms with Crippen LogP contribution in [0, 0.1) is 11.8 Å². The van der Waals surface area contributed by atoms with Gasteiger partial charge in [-0.05, 0) is 89.2 Å². The molecule has 2 saturated heterocycles. The fourth-order valence-corrected chi connectivity index (χ4v) is 10.1. The maximum Gasteiger partial charge on any atom is 0.416 e. The lowest BCUT2D eigenvalue weighted by molar-refractivity contribution is -0.137. The van der Waals surface area contributed by atoms with Crippen LogP contribution in [0.25, 0.3) is 10.9 Å². The molecule has 71 heavy (non-hydrogen) atoms. The number of likely N-dealkylation sites (tertiary alicyclic amines) is 2. The van der Waals surface area contributed by atoms with Crippen LogP contribution in [0.5, 0.6) is 0 Å². The summed E-state index contributed by atoms with van der Waals surface area (Å²) in [4.78, 5) is 96.0. The Balaban J connectivity index is 0.769. The molecule has 2 aliphatic heterocycles. The lowest BCUT2D eigenvalue weighted by Crippen LogP contribution is -2.60. The van der Waals surface area contributed by atoms with Gasteiger partial charge in [-0.25, -0.2) is 9.97 Å². The van der Waals surface area contributed by atoms with Crippen LogP contribution in [0.3, 0.4) is 0 Å². The molecule has 4 heterocycles. The second kappa shape index (κ2) is 23.9. The summed E-state index contributed by atoms with van der Waals surface area (Å²) in [7, 11) is 3.74. The average Bonchev–Trinajstić information content (AvgIpc) is 3.85. The van der Waals surface area contributed by atoms with Crippen molar-refractivity contribution in [2.24, 2.45) is 11.8 Å². The second-order valence-electron chi connectivity index (χ2n) is 19.2. The standard InChI is InChI=1S/C49H66F3N11O8/c1-29(2)61(3)34-8-10-40(63-17-11-38(48(63)69)59-45-35-24-32(49(50,51)52)7-9-37(35)56-28-57-45)39(25-34)60-46(67)31-22-33(23-31)58-42(65)13-19-71-20-15-54-41(64)12-18-70-21-16-55-47(68)36-26-43(66)62(4)44(36)30-6-5-14-53-27-30/h5-7,9,14,24,27-29,31,33-34,36,38-40,44H,8,10-13,15-23,25-26H2,1-4H3,(H,54,64)(H,55,68)(H,58,65)(H,60,67)(H,56,57,59)/t31-,33-,34-,36-,38+,39-,40+,44+/m1/s1. The zero-order chi connectivity index (χ0) is 50.8. The fraction of sp³-hybridized carbons (Fsp3) is 0.612. The lowest BCUT2D eigenvalue weighted by Gasteiger charge is -2.45. The van der Waals surface area contributed by atoms with Crippen molar-refractivity contribution in [1.29, 1.82) is 0 Å². The maximum atomic E-state index is 14.0. The van der Waals surface area contributed by atoms with Gasteiger partial charge < -0.3 is 50.8 Å². The number of halogens is 3. The molecule has 5 N–H and O–H groups in total. The number of pyridine rings is 1. The topological polar surface area (TPSA) is 229 Å². The van der Waals surface area contributed by atoms with Gasteiger partial charge in [-0.1, -0.05) is 6.07 Å². The molecule has 6 amide bonds. The highest BCUT2D eigenvalue weighted by Gasteiger charge is 2.46. The number of carbonyl (C=O) groups is 6. The molecule has 0 spiro atoms. The number of amides is 6. The van der Waals surface area contributed by atoms with Gasteiger partial charge >= 0.3 is 6.18 Å². The zero-order valence-electron chi connectivity index (χ0n) is 40.7. The zero-order valence-corrected chi connectivity index (χ0v) is 40.7. The number of hydrogen-bond acceptors (Lipinski definition) is 13. The molecule has 2 aromatic heterocycles. The smallest absolute Gasteiger partial charge is 0.379 e. The third-order valence-corrected chi connectivity index (χ3v) is 14.3. The minimum atomic E-state index is -4.56. The molecule has 6 atom stereocenters. The first kappa shape index (κ1) is 52.8. The summed E-state index contributed by atoms with van der Waals surface area (Å²) >= 11 is 0. The van der Waals surface area contributed by atoms with E-state index >= 15 is 0 Å². The largest absolute Gasteiger partial charge is 0.416 e. The third kappa shape index (κ3) is 13.5. The lowest BCUT2D eigenvalue weighted by atomic mass is 9.78. The minimum Gasteiger partial charge on any atom is -0.379 e. The van der Waals surface area contributed by atoms with Crippen molar-refractivity contribution in [1.82, 2.24) is 50.9 Å². The van der Waals surface area contributed by atoms with Gasteiger partial charge in [0, 0.05) is 87.8 Å². The Kier molecular flexibility index (Phi) is 17.8. The number of benzene rings is 1. The number of anilines is 1. The summed E-state index contributed by atoms with van der Waals surface area (Å²) in [6, 6.07) is 5.41. The molecular weight excluding hydrogens is 928 g/mol. The molecule has 4 fully saturated rings.